The van der Waals surface area contributed by atoms with Crippen LogP contribution in [0.5, 0.6) is 0 Å². The molecule has 1 rings (SSSR count). The van der Waals surface area contributed by atoms with E-state index in [1.807, 2.05) is 0 Å². The molecular weight excluding hydrogens is 242 g/mol. The molecule has 0 bridgehead atoms. The first-order valence-corrected chi connectivity index (χ1v) is 5.50. The van der Waals surface area contributed by atoms with Gasteiger partial charge < -0.3 is 14.8 Å². The van der Waals surface area contributed by atoms with Crippen LogP contribution in [0.25, 0.3) is 0 Å². The van der Waals surface area contributed by atoms with E-state index in [1.165, 1.54) is 14.2 Å². The average molecular weight is 259 g/mol. The number of nitrogens with one attached hydrogen (secondary N) is 2. The van der Waals surface area contributed by atoms with Crippen LogP contribution in [0.3, 0.4) is 0 Å². The van der Waals surface area contributed by atoms with Gasteiger partial charge in [0.25, 0.3) is 0 Å². The van der Waals surface area contributed by atoms with Crippen molar-refractivity contribution in [3.8, 4) is 0 Å². The largest absolute Gasteiger partial charge is 0.469 e. The molecule has 0 spiro atoms. The first-order valence-electron chi connectivity index (χ1n) is 5.50. The van der Waals surface area contributed by atoms with Crippen molar-refractivity contribution in [1.29, 1.82) is 0 Å². The Hall–Kier alpha value is -1.83. The van der Waals surface area contributed by atoms with E-state index in [2.05, 4.69) is 15.5 Å². The Kier molecular flexibility index (Phi) is 5.37. The SMILES string of the molecule is COCCNC(=O)N1CC(C(=O)OC)CC(=O)N1. The van der Waals surface area contributed by atoms with E-state index < -0.39 is 23.8 Å². The monoisotopic (exact) mass is 259 g/mol. The molecule has 0 aromatic heterocycles. The highest BCUT2D eigenvalue weighted by atomic mass is 16.5. The smallest absolute Gasteiger partial charge is 0.336 e. The molecule has 1 fully saturated rings. The zero-order chi connectivity index (χ0) is 13.5. The zero-order valence-corrected chi connectivity index (χ0v) is 10.4. The molecule has 18 heavy (non-hydrogen) atoms. The number of amides is 3. The number of carbonyl (C=O) groups excluding carboxylic acids is 3. The third-order valence-electron chi connectivity index (χ3n) is 2.46. The topological polar surface area (TPSA) is 97.0 Å². The normalized spacial score (nSPS) is 19.1. The van der Waals surface area contributed by atoms with Crippen molar-refractivity contribution >= 4 is 17.9 Å². The summed E-state index contributed by atoms with van der Waals surface area (Å²) in [4.78, 5) is 34.4. The molecule has 1 unspecified atom stereocenters. The Morgan fingerprint density at radius 1 is 1.50 bits per heavy atom. The van der Waals surface area contributed by atoms with Gasteiger partial charge in [0.05, 0.1) is 26.2 Å². The number of hydrogen-bond donors (Lipinski definition) is 2. The minimum absolute atomic E-state index is 0.0223. The maximum atomic E-state index is 11.7. The van der Waals surface area contributed by atoms with Crippen LogP contribution in [0.1, 0.15) is 6.42 Å². The lowest BCUT2D eigenvalue weighted by Crippen LogP contribution is -2.57. The van der Waals surface area contributed by atoms with E-state index in [0.717, 1.165) is 5.01 Å². The second-order valence-electron chi connectivity index (χ2n) is 3.79. The van der Waals surface area contributed by atoms with Crippen molar-refractivity contribution in [2.75, 3.05) is 33.9 Å². The van der Waals surface area contributed by atoms with Crippen LogP contribution in [-0.2, 0) is 19.1 Å². The molecule has 3 amide bonds. The number of urea groups is 1. The van der Waals surface area contributed by atoms with E-state index in [0.29, 0.717) is 13.2 Å². The lowest BCUT2D eigenvalue weighted by Gasteiger charge is -2.31. The first kappa shape index (κ1) is 14.2. The Labute approximate surface area is 105 Å². The van der Waals surface area contributed by atoms with Gasteiger partial charge in [0.15, 0.2) is 0 Å². The van der Waals surface area contributed by atoms with Crippen molar-refractivity contribution < 1.29 is 23.9 Å². The van der Waals surface area contributed by atoms with Crippen LogP contribution < -0.4 is 10.7 Å². The molecule has 8 nitrogen and oxygen atoms in total. The third kappa shape index (κ3) is 3.88. The third-order valence-corrected chi connectivity index (χ3v) is 2.46. The van der Waals surface area contributed by atoms with Crippen molar-refractivity contribution in [2.45, 2.75) is 6.42 Å². The molecule has 0 aromatic rings. The molecule has 1 heterocycles. The maximum absolute atomic E-state index is 11.7. The minimum atomic E-state index is -0.628. The summed E-state index contributed by atoms with van der Waals surface area (Å²) in [5.74, 6) is -1.52. The number of rotatable bonds is 4. The summed E-state index contributed by atoms with van der Waals surface area (Å²) in [5, 5.41) is 3.62. The maximum Gasteiger partial charge on any atom is 0.336 e. The minimum Gasteiger partial charge on any atom is -0.469 e. The van der Waals surface area contributed by atoms with E-state index >= 15 is 0 Å². The summed E-state index contributed by atoms with van der Waals surface area (Å²) in [6.07, 6.45) is 0.0223. The highest BCUT2D eigenvalue weighted by Gasteiger charge is 2.33. The summed E-state index contributed by atoms with van der Waals surface area (Å²) >= 11 is 0. The number of ether oxygens (including phenoxy) is 2. The molecule has 1 saturated heterocycles. The summed E-state index contributed by atoms with van der Waals surface area (Å²) in [6.45, 7) is 0.787. The fraction of sp³-hybridized carbons (Fsp3) is 0.700. The highest BCUT2D eigenvalue weighted by Crippen LogP contribution is 2.12. The second kappa shape index (κ2) is 6.80. The van der Waals surface area contributed by atoms with E-state index in [1.54, 1.807) is 0 Å². The predicted octanol–water partition coefficient (Wildman–Crippen LogP) is -1.13. The van der Waals surface area contributed by atoms with Gasteiger partial charge >= 0.3 is 12.0 Å². The van der Waals surface area contributed by atoms with Gasteiger partial charge in [-0.1, -0.05) is 0 Å². The van der Waals surface area contributed by atoms with E-state index in [-0.39, 0.29) is 13.0 Å². The summed E-state index contributed by atoms with van der Waals surface area (Å²) in [7, 11) is 2.76. The number of carbonyl (C=O) groups is 3. The van der Waals surface area contributed by atoms with Crippen molar-refractivity contribution in [1.82, 2.24) is 15.8 Å². The molecule has 2 N–H and O–H groups in total. The van der Waals surface area contributed by atoms with Crippen LogP contribution in [0.2, 0.25) is 0 Å². The number of methoxy groups -OCH3 is 2. The lowest BCUT2D eigenvalue weighted by molar-refractivity contribution is -0.151. The quantitative estimate of drug-likeness (QED) is 0.492. The fourth-order valence-electron chi connectivity index (χ4n) is 1.56. The van der Waals surface area contributed by atoms with Gasteiger partial charge in [0, 0.05) is 20.1 Å². The van der Waals surface area contributed by atoms with Crippen molar-refractivity contribution in [3.05, 3.63) is 0 Å². The Morgan fingerprint density at radius 2 is 2.22 bits per heavy atom. The van der Waals surface area contributed by atoms with Gasteiger partial charge in [-0.3, -0.25) is 15.0 Å². The number of esters is 1. The van der Waals surface area contributed by atoms with Gasteiger partial charge in [0.1, 0.15) is 0 Å². The first-order chi connectivity index (χ1) is 8.58. The molecule has 102 valence electrons. The van der Waals surface area contributed by atoms with Crippen molar-refractivity contribution in [2.24, 2.45) is 5.92 Å². The van der Waals surface area contributed by atoms with Gasteiger partial charge in [0.2, 0.25) is 5.91 Å². The van der Waals surface area contributed by atoms with Gasteiger partial charge in [-0.2, -0.15) is 0 Å². The molecule has 8 heteroatoms. The molecule has 1 aliphatic heterocycles. The number of hydrazine groups is 1. The van der Waals surface area contributed by atoms with Crippen LogP contribution in [0, 0.1) is 5.92 Å². The molecular formula is C10H17N3O5. The highest BCUT2D eigenvalue weighted by molar-refractivity contribution is 5.87. The van der Waals surface area contributed by atoms with Crippen LogP contribution in [0.4, 0.5) is 4.79 Å². The second-order valence-corrected chi connectivity index (χ2v) is 3.79. The van der Waals surface area contributed by atoms with Gasteiger partial charge in [-0.15, -0.1) is 0 Å². The van der Waals surface area contributed by atoms with Crippen LogP contribution in [-0.4, -0.2) is 56.8 Å². The summed E-state index contributed by atoms with van der Waals surface area (Å²) in [5.41, 5.74) is 2.39. The number of nitrogens with zero attached hydrogens (tertiary/aromatic N) is 1. The van der Waals surface area contributed by atoms with E-state index in [9.17, 15) is 14.4 Å². The fourth-order valence-corrected chi connectivity index (χ4v) is 1.56. The van der Waals surface area contributed by atoms with Crippen LogP contribution in [0.15, 0.2) is 0 Å². The van der Waals surface area contributed by atoms with Crippen molar-refractivity contribution in [3.63, 3.8) is 0 Å². The molecule has 1 atom stereocenters. The number of hydrogen-bond acceptors (Lipinski definition) is 5. The Morgan fingerprint density at radius 3 is 2.83 bits per heavy atom. The molecule has 0 saturated carbocycles. The molecule has 1 aliphatic rings. The lowest BCUT2D eigenvalue weighted by atomic mass is 10.0. The standard InChI is InChI=1S/C10H17N3O5/c1-17-4-3-11-10(16)13-6-7(9(15)18-2)5-8(14)12-13/h7H,3-6H2,1-2H3,(H,11,16)(H,12,14). The summed E-state index contributed by atoms with van der Waals surface area (Å²) < 4.78 is 9.35. The average Bonchev–Trinajstić information content (AvgIpc) is 2.37. The Bertz CT molecular complexity index is 333. The molecule has 0 radical (unpaired) electrons. The summed E-state index contributed by atoms with van der Waals surface area (Å²) in [6, 6.07) is -0.478. The predicted molar refractivity (Wildman–Crippen MR) is 60.2 cm³/mol. The molecule has 0 aliphatic carbocycles. The Balaban J connectivity index is 2.52. The van der Waals surface area contributed by atoms with Crippen LogP contribution >= 0.6 is 0 Å². The van der Waals surface area contributed by atoms with E-state index in [4.69, 9.17) is 4.74 Å². The van der Waals surface area contributed by atoms with Gasteiger partial charge in [-0.05, 0) is 0 Å². The molecule has 0 aromatic carbocycles. The van der Waals surface area contributed by atoms with Gasteiger partial charge in [-0.25, -0.2) is 9.80 Å². The zero-order valence-electron chi connectivity index (χ0n) is 10.4.